The zero-order valence-electron chi connectivity index (χ0n) is 32.2. The van der Waals surface area contributed by atoms with Gasteiger partial charge in [-0.05, 0) is 88.0 Å². The quantitative estimate of drug-likeness (QED) is 0.176. The second-order valence-electron chi connectivity index (χ2n) is 16.1. The molecule has 0 bridgehead atoms. The lowest BCUT2D eigenvalue weighted by atomic mass is 9.73. The van der Waals surface area contributed by atoms with Crippen molar-refractivity contribution in [3.63, 3.8) is 0 Å². The molecule has 56 heavy (non-hydrogen) atoms. The largest absolute Gasteiger partial charge is 0.310 e. The van der Waals surface area contributed by atoms with Gasteiger partial charge in [-0.15, -0.1) is 0 Å². The van der Waals surface area contributed by atoms with Crippen LogP contribution in [0.1, 0.15) is 49.9 Å². The summed E-state index contributed by atoms with van der Waals surface area (Å²) in [6.07, 6.45) is 0. The number of benzene rings is 7. The van der Waals surface area contributed by atoms with Gasteiger partial charge in [0, 0.05) is 33.3 Å². The fraction of sp³-hybridized carbons (Fsp3) is 0.113. The molecule has 0 atom stereocenters. The number of nitrogens with zero attached hydrogens (tertiary/aromatic N) is 3. The average molecular weight is 722 g/mol. The monoisotopic (exact) mass is 721 g/mol. The molecule has 0 aliphatic carbocycles. The summed E-state index contributed by atoms with van der Waals surface area (Å²) in [5.74, 6) is 0. The highest BCUT2D eigenvalue weighted by Crippen LogP contribution is 2.55. The normalized spacial score (nSPS) is 14.6. The Balaban J connectivity index is 1.28. The first-order chi connectivity index (χ1) is 27.3. The van der Waals surface area contributed by atoms with Gasteiger partial charge in [0.2, 0.25) is 0 Å². The second-order valence-corrected chi connectivity index (χ2v) is 16.1. The van der Waals surface area contributed by atoms with Crippen molar-refractivity contribution in [1.29, 1.82) is 0 Å². The highest BCUT2D eigenvalue weighted by molar-refractivity contribution is 5.93. The molecule has 2 aliphatic rings. The first-order valence-corrected chi connectivity index (χ1v) is 19.6. The molecular formula is C53H43N3. The van der Waals surface area contributed by atoms with Gasteiger partial charge in [0.05, 0.1) is 34.1 Å². The zero-order valence-corrected chi connectivity index (χ0v) is 32.2. The van der Waals surface area contributed by atoms with E-state index in [4.69, 9.17) is 4.98 Å². The minimum atomic E-state index is -0.166. The van der Waals surface area contributed by atoms with Crippen molar-refractivity contribution in [2.75, 3.05) is 9.80 Å². The van der Waals surface area contributed by atoms with Crippen LogP contribution in [0, 0.1) is 0 Å². The molecule has 2 aliphatic heterocycles. The van der Waals surface area contributed by atoms with Gasteiger partial charge >= 0.3 is 0 Å². The van der Waals surface area contributed by atoms with Gasteiger partial charge in [-0.3, -0.25) is 0 Å². The molecule has 0 amide bonds. The lowest BCUT2D eigenvalue weighted by Crippen LogP contribution is -2.31. The lowest BCUT2D eigenvalue weighted by Gasteiger charge is -2.43. The van der Waals surface area contributed by atoms with E-state index in [1.807, 2.05) is 0 Å². The summed E-state index contributed by atoms with van der Waals surface area (Å²) >= 11 is 0. The third-order valence-electron chi connectivity index (χ3n) is 12.0. The maximum atomic E-state index is 5.25. The molecule has 10 rings (SSSR count). The summed E-state index contributed by atoms with van der Waals surface area (Å²) in [4.78, 5) is 10.2. The Hall–Kier alpha value is -6.71. The first kappa shape index (κ1) is 33.8. The van der Waals surface area contributed by atoms with Crippen molar-refractivity contribution < 1.29 is 0 Å². The van der Waals surface area contributed by atoms with E-state index in [1.165, 1.54) is 45.0 Å². The molecular weight excluding hydrogens is 679 g/mol. The Morgan fingerprint density at radius 2 is 0.625 bits per heavy atom. The van der Waals surface area contributed by atoms with Gasteiger partial charge in [0.15, 0.2) is 0 Å². The summed E-state index contributed by atoms with van der Waals surface area (Å²) < 4.78 is 0. The maximum absolute atomic E-state index is 5.25. The summed E-state index contributed by atoms with van der Waals surface area (Å²) in [5, 5.41) is 0. The van der Waals surface area contributed by atoms with E-state index in [1.54, 1.807) is 0 Å². The number of hydrogen-bond acceptors (Lipinski definition) is 3. The Labute approximate surface area is 330 Å². The molecule has 1 aromatic heterocycles. The van der Waals surface area contributed by atoms with Gasteiger partial charge < -0.3 is 9.80 Å². The maximum Gasteiger partial charge on any atom is 0.0715 e. The molecule has 270 valence electrons. The fourth-order valence-corrected chi connectivity index (χ4v) is 9.13. The summed E-state index contributed by atoms with van der Waals surface area (Å²) in [5.41, 5.74) is 18.2. The fourth-order valence-electron chi connectivity index (χ4n) is 9.13. The standard InChI is InChI=1S/C53H43N3/c1-52(2)42-23-11-15-27-48(42)55(49-28-16-12-24-43(49)52)40-31-38(39-33-46(36-19-7-5-8-20-36)54-47(34-39)37-21-9-6-10-22-37)32-41(35-40)56-50-29-17-13-25-44(50)53(3,4)45-26-14-18-30-51(45)56/h5-35H,1-4H3. The SMILES string of the molecule is CC1(C)c2ccccc2N(c2cc(-c3cc(-c4ccccc4)nc(-c4ccccc4)c3)cc(N3c4ccccc4C(C)(C)c4ccccc43)c2)c2ccccc21. The zero-order chi connectivity index (χ0) is 38.0. The number of para-hydroxylation sites is 4. The van der Waals surface area contributed by atoms with Crippen molar-refractivity contribution in [3.05, 3.63) is 210 Å². The Morgan fingerprint density at radius 1 is 0.321 bits per heavy atom. The van der Waals surface area contributed by atoms with E-state index in [9.17, 15) is 0 Å². The highest BCUT2D eigenvalue weighted by atomic mass is 15.2. The number of rotatable bonds is 5. The van der Waals surface area contributed by atoms with E-state index < -0.39 is 0 Å². The number of anilines is 6. The van der Waals surface area contributed by atoms with Gasteiger partial charge in [0.25, 0.3) is 0 Å². The predicted molar refractivity (Wildman–Crippen MR) is 234 cm³/mol. The van der Waals surface area contributed by atoms with Crippen LogP contribution >= 0.6 is 0 Å². The van der Waals surface area contributed by atoms with Crippen LogP contribution in [-0.4, -0.2) is 4.98 Å². The molecule has 0 saturated heterocycles. The van der Waals surface area contributed by atoms with E-state index in [0.717, 1.165) is 45.0 Å². The molecule has 0 saturated carbocycles. The average Bonchev–Trinajstić information content (AvgIpc) is 3.24. The molecule has 0 N–H and O–H groups in total. The summed E-state index contributed by atoms with van der Waals surface area (Å²) in [6.45, 7) is 9.39. The second kappa shape index (κ2) is 13.0. The number of fused-ring (bicyclic) bond motifs is 4. The number of aromatic nitrogens is 1. The number of hydrogen-bond donors (Lipinski definition) is 0. The molecule has 3 nitrogen and oxygen atoms in total. The van der Waals surface area contributed by atoms with Crippen LogP contribution < -0.4 is 9.80 Å². The summed E-state index contributed by atoms with van der Waals surface area (Å²) in [6, 6.07) is 68.4. The van der Waals surface area contributed by atoms with E-state index >= 15 is 0 Å². The van der Waals surface area contributed by atoms with Gasteiger partial charge in [-0.2, -0.15) is 0 Å². The van der Waals surface area contributed by atoms with Crippen LogP contribution in [0.25, 0.3) is 33.6 Å². The molecule has 7 aromatic carbocycles. The van der Waals surface area contributed by atoms with Gasteiger partial charge in [0.1, 0.15) is 0 Å². The number of pyridine rings is 1. The van der Waals surface area contributed by atoms with Gasteiger partial charge in [-0.1, -0.05) is 161 Å². The van der Waals surface area contributed by atoms with Crippen LogP contribution in [0.3, 0.4) is 0 Å². The van der Waals surface area contributed by atoms with Crippen molar-refractivity contribution in [2.24, 2.45) is 0 Å². The van der Waals surface area contributed by atoms with Crippen LogP contribution in [0.2, 0.25) is 0 Å². The minimum absolute atomic E-state index is 0.166. The minimum Gasteiger partial charge on any atom is -0.310 e. The van der Waals surface area contributed by atoms with Crippen molar-refractivity contribution in [1.82, 2.24) is 4.98 Å². The molecule has 3 heteroatoms. The molecule has 0 unspecified atom stereocenters. The third-order valence-corrected chi connectivity index (χ3v) is 12.0. The smallest absolute Gasteiger partial charge is 0.0715 e. The van der Waals surface area contributed by atoms with E-state index in [-0.39, 0.29) is 10.8 Å². The molecule has 3 heterocycles. The molecule has 0 spiro atoms. The van der Waals surface area contributed by atoms with Crippen molar-refractivity contribution >= 4 is 34.1 Å². The van der Waals surface area contributed by atoms with E-state index in [0.29, 0.717) is 0 Å². The molecule has 8 aromatic rings. The Kier molecular flexibility index (Phi) is 7.83. The lowest BCUT2D eigenvalue weighted by molar-refractivity contribution is 0.631. The third kappa shape index (κ3) is 5.38. The van der Waals surface area contributed by atoms with Crippen LogP contribution in [0.5, 0.6) is 0 Å². The van der Waals surface area contributed by atoms with Gasteiger partial charge in [-0.25, -0.2) is 4.98 Å². The molecule has 0 fully saturated rings. The van der Waals surface area contributed by atoms with Crippen molar-refractivity contribution in [3.8, 4) is 33.6 Å². The summed E-state index contributed by atoms with van der Waals surface area (Å²) in [7, 11) is 0. The first-order valence-electron chi connectivity index (χ1n) is 19.6. The van der Waals surface area contributed by atoms with Crippen molar-refractivity contribution in [2.45, 2.75) is 38.5 Å². The van der Waals surface area contributed by atoms with Crippen LogP contribution in [-0.2, 0) is 10.8 Å². The topological polar surface area (TPSA) is 19.4 Å². The predicted octanol–water partition coefficient (Wildman–Crippen LogP) is 14.3. The molecule has 0 radical (unpaired) electrons. The van der Waals surface area contributed by atoms with Crippen LogP contribution in [0.15, 0.2) is 188 Å². The Morgan fingerprint density at radius 3 is 0.982 bits per heavy atom. The highest BCUT2D eigenvalue weighted by Gasteiger charge is 2.39. The van der Waals surface area contributed by atoms with E-state index in [2.05, 4.69) is 226 Å². The Bertz CT molecular complexity index is 2480. The van der Waals surface area contributed by atoms with Crippen LogP contribution in [0.4, 0.5) is 34.1 Å².